The highest BCUT2D eigenvalue weighted by molar-refractivity contribution is 9.10. The van der Waals surface area contributed by atoms with Crippen LogP contribution in [0.25, 0.3) is 0 Å². The number of likely N-dealkylation sites (N-methyl/N-ethyl adjacent to an activating group) is 1. The van der Waals surface area contributed by atoms with Gasteiger partial charge in [-0.1, -0.05) is 34.1 Å². The SMILES string of the molecule is COc1ccnc(N(C)C2CCCN(Cc3ccccc3Br)C2)n1. The minimum Gasteiger partial charge on any atom is -0.481 e. The Bertz CT molecular complexity index is 682. The summed E-state index contributed by atoms with van der Waals surface area (Å²) < 4.78 is 6.39. The van der Waals surface area contributed by atoms with Gasteiger partial charge in [-0.15, -0.1) is 0 Å². The normalized spacial score (nSPS) is 18.4. The van der Waals surface area contributed by atoms with Crippen molar-refractivity contribution in [2.45, 2.75) is 25.4 Å². The largest absolute Gasteiger partial charge is 0.481 e. The van der Waals surface area contributed by atoms with Crippen LogP contribution in [0.2, 0.25) is 0 Å². The Morgan fingerprint density at radius 1 is 1.33 bits per heavy atom. The van der Waals surface area contributed by atoms with Crippen molar-refractivity contribution in [3.63, 3.8) is 0 Å². The fourth-order valence-electron chi connectivity index (χ4n) is 3.14. The van der Waals surface area contributed by atoms with E-state index < -0.39 is 0 Å². The van der Waals surface area contributed by atoms with Gasteiger partial charge >= 0.3 is 0 Å². The molecule has 1 saturated heterocycles. The molecule has 128 valence electrons. The summed E-state index contributed by atoms with van der Waals surface area (Å²) in [5.74, 6) is 1.33. The van der Waals surface area contributed by atoms with E-state index in [0.717, 1.165) is 32.0 Å². The van der Waals surface area contributed by atoms with Crippen LogP contribution < -0.4 is 9.64 Å². The van der Waals surface area contributed by atoms with E-state index in [4.69, 9.17) is 4.74 Å². The smallest absolute Gasteiger partial charge is 0.228 e. The summed E-state index contributed by atoms with van der Waals surface area (Å²) in [4.78, 5) is 13.5. The lowest BCUT2D eigenvalue weighted by atomic mass is 10.0. The monoisotopic (exact) mass is 390 g/mol. The number of benzene rings is 1. The summed E-state index contributed by atoms with van der Waals surface area (Å²) in [6, 6.07) is 10.6. The maximum absolute atomic E-state index is 5.21. The lowest BCUT2D eigenvalue weighted by Gasteiger charge is -2.37. The van der Waals surface area contributed by atoms with Gasteiger partial charge in [-0.3, -0.25) is 4.90 Å². The van der Waals surface area contributed by atoms with Crippen molar-refractivity contribution in [1.82, 2.24) is 14.9 Å². The molecule has 1 aliphatic rings. The molecule has 0 spiro atoms. The Hall–Kier alpha value is -1.66. The van der Waals surface area contributed by atoms with Gasteiger partial charge in [-0.2, -0.15) is 4.98 Å². The predicted octanol–water partition coefficient (Wildman–Crippen LogP) is 3.35. The molecule has 2 aromatic rings. The molecule has 1 unspecified atom stereocenters. The first kappa shape index (κ1) is 17.2. The molecular formula is C18H23BrN4O. The van der Waals surface area contributed by atoms with Gasteiger partial charge in [-0.25, -0.2) is 4.98 Å². The molecule has 0 aliphatic carbocycles. The van der Waals surface area contributed by atoms with Crippen molar-refractivity contribution in [3.05, 3.63) is 46.6 Å². The van der Waals surface area contributed by atoms with Gasteiger partial charge < -0.3 is 9.64 Å². The van der Waals surface area contributed by atoms with Crippen LogP contribution in [0, 0.1) is 0 Å². The van der Waals surface area contributed by atoms with E-state index in [0.29, 0.717) is 11.9 Å². The molecular weight excluding hydrogens is 368 g/mol. The first-order chi connectivity index (χ1) is 11.7. The second-order valence-corrected chi connectivity index (χ2v) is 6.99. The van der Waals surface area contributed by atoms with Crippen LogP contribution in [0.15, 0.2) is 41.0 Å². The Kier molecular flexibility index (Phi) is 5.68. The first-order valence-corrected chi connectivity index (χ1v) is 9.02. The number of likely N-dealkylation sites (tertiary alicyclic amines) is 1. The molecule has 2 heterocycles. The molecule has 1 aromatic heterocycles. The number of rotatable bonds is 5. The van der Waals surface area contributed by atoms with Crippen LogP contribution in [0.5, 0.6) is 5.88 Å². The summed E-state index contributed by atoms with van der Waals surface area (Å²) in [5, 5.41) is 0. The van der Waals surface area contributed by atoms with E-state index >= 15 is 0 Å². The summed E-state index contributed by atoms with van der Waals surface area (Å²) in [5.41, 5.74) is 1.33. The molecule has 0 saturated carbocycles. The number of ether oxygens (including phenoxy) is 1. The number of piperidine rings is 1. The number of hydrogen-bond acceptors (Lipinski definition) is 5. The number of anilines is 1. The zero-order valence-corrected chi connectivity index (χ0v) is 15.7. The number of nitrogens with zero attached hydrogens (tertiary/aromatic N) is 4. The Labute approximate surface area is 151 Å². The Balaban J connectivity index is 1.67. The maximum Gasteiger partial charge on any atom is 0.228 e. The first-order valence-electron chi connectivity index (χ1n) is 8.23. The Morgan fingerprint density at radius 3 is 2.96 bits per heavy atom. The zero-order chi connectivity index (χ0) is 16.9. The zero-order valence-electron chi connectivity index (χ0n) is 14.2. The summed E-state index contributed by atoms with van der Waals surface area (Å²) >= 11 is 3.65. The van der Waals surface area contributed by atoms with Gasteiger partial charge in [0.15, 0.2) is 0 Å². The van der Waals surface area contributed by atoms with Crippen molar-refractivity contribution in [2.75, 3.05) is 32.1 Å². The second kappa shape index (κ2) is 7.94. The van der Waals surface area contributed by atoms with Crippen molar-refractivity contribution in [2.24, 2.45) is 0 Å². The molecule has 1 fully saturated rings. The van der Waals surface area contributed by atoms with Gasteiger partial charge in [0.25, 0.3) is 0 Å². The third-order valence-corrected chi connectivity index (χ3v) is 5.30. The third kappa shape index (κ3) is 4.05. The van der Waals surface area contributed by atoms with Crippen LogP contribution in [0.3, 0.4) is 0 Å². The molecule has 1 aromatic carbocycles. The quantitative estimate of drug-likeness (QED) is 0.782. The van der Waals surface area contributed by atoms with Gasteiger partial charge in [-0.05, 0) is 31.0 Å². The number of halogens is 1. The summed E-state index contributed by atoms with van der Waals surface area (Å²) in [6.45, 7) is 3.10. The number of methoxy groups -OCH3 is 1. The van der Waals surface area contributed by atoms with E-state index in [9.17, 15) is 0 Å². The minimum atomic E-state index is 0.411. The molecule has 5 nitrogen and oxygen atoms in total. The van der Waals surface area contributed by atoms with Crippen molar-refractivity contribution in [1.29, 1.82) is 0 Å². The average molecular weight is 391 g/mol. The van der Waals surface area contributed by atoms with Gasteiger partial charge in [0.2, 0.25) is 11.8 Å². The molecule has 1 aliphatic heterocycles. The van der Waals surface area contributed by atoms with Crippen molar-refractivity contribution < 1.29 is 4.74 Å². The van der Waals surface area contributed by atoms with Crippen LogP contribution in [-0.2, 0) is 6.54 Å². The van der Waals surface area contributed by atoms with E-state index in [-0.39, 0.29) is 0 Å². The number of hydrogen-bond donors (Lipinski definition) is 0. The van der Waals surface area contributed by atoms with E-state index in [1.165, 1.54) is 16.5 Å². The molecule has 1 atom stereocenters. The van der Waals surface area contributed by atoms with Crippen LogP contribution in [0.4, 0.5) is 5.95 Å². The van der Waals surface area contributed by atoms with Crippen LogP contribution in [0.1, 0.15) is 18.4 Å². The average Bonchev–Trinajstić information content (AvgIpc) is 2.63. The second-order valence-electron chi connectivity index (χ2n) is 6.13. The minimum absolute atomic E-state index is 0.411. The standard InChI is InChI=1S/C18H23BrN4O/c1-22(18-20-10-9-17(21-18)24-2)15-7-5-11-23(13-15)12-14-6-3-4-8-16(14)19/h3-4,6,8-10,15H,5,7,11-13H2,1-2H3. The van der Waals surface area contributed by atoms with Gasteiger partial charge in [0, 0.05) is 42.9 Å². The fraction of sp³-hybridized carbons (Fsp3) is 0.444. The molecule has 6 heteroatoms. The third-order valence-electron chi connectivity index (χ3n) is 4.52. The van der Waals surface area contributed by atoms with Crippen molar-refractivity contribution in [3.8, 4) is 5.88 Å². The van der Waals surface area contributed by atoms with Gasteiger partial charge in [0.1, 0.15) is 0 Å². The number of aromatic nitrogens is 2. The Morgan fingerprint density at radius 2 is 2.17 bits per heavy atom. The molecule has 0 radical (unpaired) electrons. The molecule has 24 heavy (non-hydrogen) atoms. The fourth-order valence-corrected chi connectivity index (χ4v) is 3.55. The molecule has 3 rings (SSSR count). The lowest BCUT2D eigenvalue weighted by Crippen LogP contribution is -2.46. The highest BCUT2D eigenvalue weighted by atomic mass is 79.9. The predicted molar refractivity (Wildman–Crippen MR) is 99.4 cm³/mol. The van der Waals surface area contributed by atoms with E-state index in [1.807, 2.05) is 0 Å². The lowest BCUT2D eigenvalue weighted by molar-refractivity contribution is 0.197. The summed E-state index contributed by atoms with van der Waals surface area (Å²) in [6.07, 6.45) is 4.09. The maximum atomic E-state index is 5.21. The molecule has 0 amide bonds. The van der Waals surface area contributed by atoms with E-state index in [2.05, 4.69) is 67.0 Å². The molecule has 0 bridgehead atoms. The van der Waals surface area contributed by atoms with Crippen molar-refractivity contribution >= 4 is 21.9 Å². The molecule has 0 N–H and O–H groups in total. The topological polar surface area (TPSA) is 41.5 Å². The van der Waals surface area contributed by atoms with Crippen LogP contribution in [-0.4, -0.2) is 48.2 Å². The highest BCUT2D eigenvalue weighted by Gasteiger charge is 2.25. The van der Waals surface area contributed by atoms with E-state index in [1.54, 1.807) is 19.4 Å². The van der Waals surface area contributed by atoms with Gasteiger partial charge in [0.05, 0.1) is 7.11 Å². The highest BCUT2D eigenvalue weighted by Crippen LogP contribution is 2.23. The van der Waals surface area contributed by atoms with Crippen LogP contribution >= 0.6 is 15.9 Å². The summed E-state index contributed by atoms with van der Waals surface area (Å²) in [7, 11) is 3.70.